The van der Waals surface area contributed by atoms with Gasteiger partial charge < -0.3 is 4.90 Å². The lowest BCUT2D eigenvalue weighted by atomic mass is 9.97. The van der Waals surface area contributed by atoms with Gasteiger partial charge in [-0.2, -0.15) is 0 Å². The number of amides is 1. The summed E-state index contributed by atoms with van der Waals surface area (Å²) in [6.07, 6.45) is 4.70. The number of likely N-dealkylation sites (tertiary alicyclic amines) is 1. The average molecular weight is 382 g/mol. The summed E-state index contributed by atoms with van der Waals surface area (Å²) in [5, 5.41) is 0.578. The largest absolute Gasteiger partial charge is 0.336 e. The molecule has 4 rings (SSSR count). The molecule has 0 bridgehead atoms. The van der Waals surface area contributed by atoms with Gasteiger partial charge in [0.15, 0.2) is 0 Å². The highest BCUT2D eigenvalue weighted by Crippen LogP contribution is 2.30. The van der Waals surface area contributed by atoms with E-state index in [1.165, 1.54) is 22.2 Å². The predicted molar refractivity (Wildman–Crippen MR) is 109 cm³/mol. The SMILES string of the molecule is C[C@@H]1CCC[C@@H](C)N1C(=O)Cn1cnc2sc(-c3ccccc3)cc2c1=O. The minimum Gasteiger partial charge on any atom is -0.336 e. The van der Waals surface area contributed by atoms with Crippen molar-refractivity contribution >= 4 is 27.5 Å². The van der Waals surface area contributed by atoms with Crippen molar-refractivity contribution in [3.8, 4) is 10.4 Å². The van der Waals surface area contributed by atoms with Gasteiger partial charge in [-0.15, -0.1) is 11.3 Å². The maximum absolute atomic E-state index is 12.9. The van der Waals surface area contributed by atoms with E-state index in [0.29, 0.717) is 10.2 Å². The highest BCUT2D eigenvalue weighted by molar-refractivity contribution is 7.21. The van der Waals surface area contributed by atoms with E-state index < -0.39 is 0 Å². The number of piperidine rings is 1. The second kappa shape index (κ2) is 7.27. The first-order valence-electron chi connectivity index (χ1n) is 9.40. The Bertz CT molecular complexity index is 1010. The Hall–Kier alpha value is -2.47. The fourth-order valence-corrected chi connectivity index (χ4v) is 4.95. The summed E-state index contributed by atoms with van der Waals surface area (Å²) in [7, 11) is 0. The Kier molecular flexibility index (Phi) is 4.83. The van der Waals surface area contributed by atoms with E-state index in [1.54, 1.807) is 0 Å². The minimum absolute atomic E-state index is 0.00328. The first-order valence-corrected chi connectivity index (χ1v) is 10.2. The third-order valence-corrected chi connectivity index (χ3v) is 6.46. The molecule has 0 unspecified atom stereocenters. The first kappa shape index (κ1) is 17.9. The van der Waals surface area contributed by atoms with E-state index in [1.807, 2.05) is 41.3 Å². The number of hydrogen-bond donors (Lipinski definition) is 0. The topological polar surface area (TPSA) is 55.2 Å². The van der Waals surface area contributed by atoms with Gasteiger partial charge >= 0.3 is 0 Å². The molecule has 0 saturated carbocycles. The third kappa shape index (κ3) is 3.41. The van der Waals surface area contributed by atoms with Crippen LogP contribution in [0.2, 0.25) is 0 Å². The van der Waals surface area contributed by atoms with Gasteiger partial charge in [0.25, 0.3) is 5.56 Å². The van der Waals surface area contributed by atoms with Crippen LogP contribution in [0.25, 0.3) is 20.7 Å². The fourth-order valence-electron chi connectivity index (χ4n) is 3.96. The summed E-state index contributed by atoms with van der Waals surface area (Å²) >= 11 is 1.50. The number of nitrogens with zero attached hydrogens (tertiary/aromatic N) is 3. The Balaban J connectivity index is 1.64. The zero-order valence-corrected chi connectivity index (χ0v) is 16.4. The second-order valence-corrected chi connectivity index (χ2v) is 8.33. The van der Waals surface area contributed by atoms with Crippen LogP contribution in [-0.2, 0) is 11.3 Å². The van der Waals surface area contributed by atoms with E-state index in [-0.39, 0.29) is 30.1 Å². The number of thiophene rings is 1. The normalized spacial score (nSPS) is 20.1. The van der Waals surface area contributed by atoms with Gasteiger partial charge in [0.05, 0.1) is 11.7 Å². The minimum atomic E-state index is -0.149. The van der Waals surface area contributed by atoms with Crippen LogP contribution in [0, 0.1) is 0 Å². The van der Waals surface area contributed by atoms with Crippen molar-refractivity contribution in [1.29, 1.82) is 0 Å². The van der Waals surface area contributed by atoms with Crippen LogP contribution in [-0.4, -0.2) is 32.4 Å². The molecule has 0 N–H and O–H groups in total. The van der Waals surface area contributed by atoms with Crippen LogP contribution in [0.15, 0.2) is 47.5 Å². The highest BCUT2D eigenvalue weighted by Gasteiger charge is 2.29. The fraction of sp³-hybridized carbons (Fsp3) is 0.381. The molecule has 6 heteroatoms. The summed E-state index contributed by atoms with van der Waals surface area (Å²) in [6.45, 7) is 4.22. The molecule has 0 spiro atoms. The van der Waals surface area contributed by atoms with Crippen LogP contribution in [0.3, 0.4) is 0 Å². The summed E-state index contributed by atoms with van der Waals surface area (Å²) in [5.41, 5.74) is 0.919. The number of hydrogen-bond acceptors (Lipinski definition) is 4. The monoisotopic (exact) mass is 381 g/mol. The first-order chi connectivity index (χ1) is 13.0. The number of carbonyl (C=O) groups excluding carboxylic acids is 1. The third-order valence-electron chi connectivity index (χ3n) is 5.36. The molecule has 3 heterocycles. The Labute approximate surface area is 162 Å². The molecule has 1 aliphatic heterocycles. The summed E-state index contributed by atoms with van der Waals surface area (Å²) in [5.74, 6) is -0.00328. The molecule has 0 radical (unpaired) electrons. The molecule has 2 aromatic heterocycles. The lowest BCUT2D eigenvalue weighted by Gasteiger charge is -2.39. The van der Waals surface area contributed by atoms with Crippen LogP contribution in [0.5, 0.6) is 0 Å². The molecule has 1 aliphatic rings. The summed E-state index contributed by atoms with van der Waals surface area (Å²) in [4.78, 5) is 33.8. The summed E-state index contributed by atoms with van der Waals surface area (Å²) in [6, 6.07) is 12.3. The van der Waals surface area contributed by atoms with E-state index >= 15 is 0 Å². The van der Waals surface area contributed by atoms with Gasteiger partial charge in [-0.1, -0.05) is 30.3 Å². The molecular formula is C21H23N3O2S. The van der Waals surface area contributed by atoms with Crippen molar-refractivity contribution in [3.05, 3.63) is 53.1 Å². The Morgan fingerprint density at radius 2 is 1.89 bits per heavy atom. The molecule has 2 atom stereocenters. The van der Waals surface area contributed by atoms with Crippen molar-refractivity contribution < 1.29 is 4.79 Å². The predicted octanol–water partition coefficient (Wildman–Crippen LogP) is 3.91. The molecule has 1 aromatic carbocycles. The van der Waals surface area contributed by atoms with Crippen LogP contribution in [0.1, 0.15) is 33.1 Å². The van der Waals surface area contributed by atoms with E-state index in [2.05, 4.69) is 18.8 Å². The van der Waals surface area contributed by atoms with E-state index in [4.69, 9.17) is 0 Å². The Morgan fingerprint density at radius 1 is 1.19 bits per heavy atom. The van der Waals surface area contributed by atoms with Crippen molar-refractivity contribution in [1.82, 2.24) is 14.5 Å². The maximum Gasteiger partial charge on any atom is 0.262 e. The van der Waals surface area contributed by atoms with Gasteiger partial charge in [0.1, 0.15) is 11.4 Å². The number of fused-ring (bicyclic) bond motifs is 1. The highest BCUT2D eigenvalue weighted by atomic mass is 32.1. The molecule has 1 amide bonds. The molecule has 140 valence electrons. The van der Waals surface area contributed by atoms with Gasteiger partial charge in [0, 0.05) is 17.0 Å². The van der Waals surface area contributed by atoms with Gasteiger partial charge in [0.2, 0.25) is 5.91 Å². The van der Waals surface area contributed by atoms with Crippen LogP contribution < -0.4 is 5.56 Å². The van der Waals surface area contributed by atoms with Crippen molar-refractivity contribution in [2.75, 3.05) is 0 Å². The quantitative estimate of drug-likeness (QED) is 0.691. The Morgan fingerprint density at radius 3 is 2.59 bits per heavy atom. The lowest BCUT2D eigenvalue weighted by Crippen LogP contribution is -2.49. The molecular weight excluding hydrogens is 358 g/mol. The average Bonchev–Trinajstić information content (AvgIpc) is 3.10. The van der Waals surface area contributed by atoms with Crippen LogP contribution in [0.4, 0.5) is 0 Å². The molecule has 5 nitrogen and oxygen atoms in total. The molecule has 0 aliphatic carbocycles. The molecule has 1 fully saturated rings. The second-order valence-electron chi connectivity index (χ2n) is 7.30. The zero-order chi connectivity index (χ0) is 19.0. The lowest BCUT2D eigenvalue weighted by molar-refractivity contribution is -0.138. The standard InChI is InChI=1S/C21H23N3O2S/c1-14-7-6-8-15(2)24(14)19(25)12-23-13-22-20-17(21(23)26)11-18(27-20)16-9-4-3-5-10-16/h3-5,9-11,13-15H,6-8,12H2,1-2H3/t14-,15-/m1/s1. The number of carbonyl (C=O) groups is 1. The number of aromatic nitrogens is 2. The molecule has 27 heavy (non-hydrogen) atoms. The van der Waals surface area contributed by atoms with Crippen molar-refractivity contribution in [3.63, 3.8) is 0 Å². The van der Waals surface area contributed by atoms with Crippen molar-refractivity contribution in [2.24, 2.45) is 0 Å². The van der Waals surface area contributed by atoms with Crippen molar-refractivity contribution in [2.45, 2.75) is 51.7 Å². The smallest absolute Gasteiger partial charge is 0.262 e. The maximum atomic E-state index is 12.9. The molecule has 3 aromatic rings. The van der Waals surface area contributed by atoms with Gasteiger partial charge in [-0.3, -0.25) is 14.2 Å². The van der Waals surface area contributed by atoms with E-state index in [0.717, 1.165) is 29.7 Å². The number of benzene rings is 1. The van der Waals surface area contributed by atoms with Gasteiger partial charge in [-0.25, -0.2) is 4.98 Å². The molecule has 1 saturated heterocycles. The zero-order valence-electron chi connectivity index (χ0n) is 15.6. The van der Waals surface area contributed by atoms with Gasteiger partial charge in [-0.05, 0) is 44.7 Å². The van der Waals surface area contributed by atoms with E-state index in [9.17, 15) is 9.59 Å². The summed E-state index contributed by atoms with van der Waals surface area (Å²) < 4.78 is 1.44. The number of rotatable bonds is 3. The van der Waals surface area contributed by atoms with Crippen LogP contribution >= 0.6 is 11.3 Å².